The van der Waals surface area contributed by atoms with E-state index in [1.54, 1.807) is 0 Å². The van der Waals surface area contributed by atoms with Crippen molar-refractivity contribution in [1.82, 2.24) is 0 Å². The molecule has 9 aromatic carbocycles. The van der Waals surface area contributed by atoms with Gasteiger partial charge in [0.1, 0.15) is 0 Å². The molecule has 0 aromatic heterocycles. The molecule has 0 heterocycles. The minimum absolute atomic E-state index is 0.239. The quantitative estimate of drug-likeness (QED) is 0.141. The summed E-state index contributed by atoms with van der Waals surface area (Å²) in [4.78, 5) is 2.46. The van der Waals surface area contributed by atoms with Crippen molar-refractivity contribution in [1.29, 1.82) is 0 Å². The Bertz CT molecular complexity index is 3060. The van der Waals surface area contributed by atoms with Crippen molar-refractivity contribution >= 4 is 17.1 Å². The average Bonchev–Trinajstić information content (AvgIpc) is 3.66. The number of allylic oxidation sites excluding steroid dienone is 4. The lowest BCUT2D eigenvalue weighted by Gasteiger charge is -2.40. The lowest BCUT2D eigenvalue weighted by molar-refractivity contribution is 0.457. The minimum Gasteiger partial charge on any atom is -0.310 e. The Labute approximate surface area is 365 Å². The fourth-order valence-corrected chi connectivity index (χ4v) is 10.1. The van der Waals surface area contributed by atoms with Crippen LogP contribution in [-0.4, -0.2) is 0 Å². The molecule has 0 saturated heterocycles. The lowest BCUT2D eigenvalue weighted by atomic mass is 9.62. The molecular formula is C61H45N. The SMILES string of the molecule is C1=CCC(C2(c3ccccc3)c3ccccc3-c3ccc(N(c4ccc(-c5ccccc5)cc4)c4ccc(-c5ccc(-c6ccccc6)cc5)c(-c5ccccc5)c4)cc32)C=C1. The normalized spacial score (nSPS) is 16.1. The van der Waals surface area contributed by atoms with Gasteiger partial charge < -0.3 is 4.90 Å². The Hall–Kier alpha value is -7.74. The van der Waals surface area contributed by atoms with Gasteiger partial charge in [0.15, 0.2) is 0 Å². The van der Waals surface area contributed by atoms with Crippen molar-refractivity contribution in [3.05, 3.63) is 272 Å². The third-order valence-electron chi connectivity index (χ3n) is 13.0. The summed E-state index contributed by atoms with van der Waals surface area (Å²) < 4.78 is 0. The maximum absolute atomic E-state index is 2.50. The predicted molar refractivity (Wildman–Crippen MR) is 261 cm³/mol. The zero-order valence-corrected chi connectivity index (χ0v) is 34.5. The van der Waals surface area contributed by atoms with Crippen LogP contribution in [-0.2, 0) is 5.41 Å². The molecule has 2 aliphatic carbocycles. The van der Waals surface area contributed by atoms with E-state index in [4.69, 9.17) is 0 Å². The Balaban J connectivity index is 1.11. The highest BCUT2D eigenvalue weighted by molar-refractivity contribution is 5.92. The smallest absolute Gasteiger partial charge is 0.0529 e. The molecule has 0 radical (unpaired) electrons. The van der Waals surface area contributed by atoms with Crippen LogP contribution >= 0.6 is 0 Å². The molecule has 2 unspecified atom stereocenters. The van der Waals surface area contributed by atoms with Crippen molar-refractivity contribution in [2.45, 2.75) is 11.8 Å². The van der Waals surface area contributed by atoms with Crippen molar-refractivity contribution in [2.75, 3.05) is 4.90 Å². The number of fused-ring (bicyclic) bond motifs is 3. The molecule has 62 heavy (non-hydrogen) atoms. The summed E-state index contributed by atoms with van der Waals surface area (Å²) in [5, 5.41) is 0. The van der Waals surface area contributed by atoms with Gasteiger partial charge in [-0.25, -0.2) is 0 Å². The summed E-state index contributed by atoms with van der Waals surface area (Å²) >= 11 is 0. The lowest BCUT2D eigenvalue weighted by Crippen LogP contribution is -2.35. The minimum atomic E-state index is -0.377. The molecule has 11 rings (SSSR count). The van der Waals surface area contributed by atoms with E-state index in [0.717, 1.165) is 23.5 Å². The number of hydrogen-bond acceptors (Lipinski definition) is 1. The molecule has 2 atom stereocenters. The van der Waals surface area contributed by atoms with E-state index in [9.17, 15) is 0 Å². The molecule has 2 aliphatic rings. The summed E-state index contributed by atoms with van der Waals surface area (Å²) in [7, 11) is 0. The van der Waals surface area contributed by atoms with E-state index in [1.165, 1.54) is 72.3 Å². The van der Waals surface area contributed by atoms with Crippen LogP contribution in [0.15, 0.2) is 255 Å². The second-order valence-corrected chi connectivity index (χ2v) is 16.4. The van der Waals surface area contributed by atoms with Crippen molar-refractivity contribution in [2.24, 2.45) is 5.92 Å². The van der Waals surface area contributed by atoms with Gasteiger partial charge >= 0.3 is 0 Å². The maximum atomic E-state index is 2.50. The van der Waals surface area contributed by atoms with Crippen LogP contribution in [0.2, 0.25) is 0 Å². The van der Waals surface area contributed by atoms with E-state index in [0.29, 0.717) is 0 Å². The zero-order chi connectivity index (χ0) is 41.3. The fourth-order valence-electron chi connectivity index (χ4n) is 10.1. The number of benzene rings is 9. The molecule has 9 aromatic rings. The van der Waals surface area contributed by atoms with Crippen LogP contribution in [0, 0.1) is 5.92 Å². The molecule has 0 amide bonds. The summed E-state index contributed by atoms with van der Waals surface area (Å²) in [6, 6.07) is 84.7. The molecule has 294 valence electrons. The maximum Gasteiger partial charge on any atom is 0.0529 e. The predicted octanol–water partition coefficient (Wildman–Crippen LogP) is 16.3. The molecule has 0 aliphatic heterocycles. The third kappa shape index (κ3) is 6.51. The Kier molecular flexibility index (Phi) is 9.64. The molecular weight excluding hydrogens is 747 g/mol. The largest absolute Gasteiger partial charge is 0.310 e. The first-order valence-corrected chi connectivity index (χ1v) is 21.7. The van der Waals surface area contributed by atoms with Gasteiger partial charge in [0.25, 0.3) is 0 Å². The molecule has 1 heteroatoms. The Morgan fingerprint density at radius 3 is 1.44 bits per heavy atom. The van der Waals surface area contributed by atoms with Crippen LogP contribution in [0.3, 0.4) is 0 Å². The first-order chi connectivity index (χ1) is 30.8. The van der Waals surface area contributed by atoms with Crippen molar-refractivity contribution in [3.8, 4) is 55.6 Å². The highest BCUT2D eigenvalue weighted by atomic mass is 15.1. The first kappa shape index (κ1) is 37.3. The van der Waals surface area contributed by atoms with E-state index >= 15 is 0 Å². The number of anilines is 3. The standard InChI is InChI=1S/C61H45N/c1-6-18-44(19-7-1)46-30-32-49(33-31-46)55-40-38-53(42-58(55)48-22-10-3-11-23-48)62(52-36-34-47(35-37-52)45-20-8-2-9-21-45)54-39-41-57-56-28-16-17-29-59(56)61(60(57)43-54,50-24-12-4-13-25-50)51-26-14-5-15-27-51/h1-26,28-43,51H,27H2. The summed E-state index contributed by atoms with van der Waals surface area (Å²) in [5.41, 5.74) is 19.2. The average molecular weight is 792 g/mol. The Morgan fingerprint density at radius 2 is 0.806 bits per heavy atom. The van der Waals surface area contributed by atoms with Gasteiger partial charge in [-0.2, -0.15) is 0 Å². The van der Waals surface area contributed by atoms with E-state index < -0.39 is 0 Å². The first-order valence-electron chi connectivity index (χ1n) is 21.7. The number of nitrogens with zero attached hydrogens (tertiary/aromatic N) is 1. The Morgan fingerprint density at radius 1 is 0.339 bits per heavy atom. The second-order valence-electron chi connectivity index (χ2n) is 16.4. The molecule has 0 saturated carbocycles. The third-order valence-corrected chi connectivity index (χ3v) is 13.0. The van der Waals surface area contributed by atoms with E-state index in [-0.39, 0.29) is 11.3 Å². The number of hydrogen-bond donors (Lipinski definition) is 0. The van der Waals surface area contributed by atoms with Gasteiger partial charge in [0.2, 0.25) is 0 Å². The monoisotopic (exact) mass is 791 g/mol. The van der Waals surface area contributed by atoms with Gasteiger partial charge in [-0.15, -0.1) is 0 Å². The highest BCUT2D eigenvalue weighted by Gasteiger charge is 2.49. The fraction of sp³-hybridized carbons (Fsp3) is 0.0492. The van der Waals surface area contributed by atoms with Crippen molar-refractivity contribution < 1.29 is 0 Å². The summed E-state index contributed by atoms with van der Waals surface area (Å²) in [6.07, 6.45) is 10.2. The number of rotatable bonds is 9. The molecule has 0 bridgehead atoms. The zero-order valence-electron chi connectivity index (χ0n) is 34.5. The highest BCUT2D eigenvalue weighted by Crippen LogP contribution is 2.59. The molecule has 0 N–H and O–H groups in total. The molecule has 0 fully saturated rings. The van der Waals surface area contributed by atoms with Crippen LogP contribution < -0.4 is 4.90 Å². The van der Waals surface area contributed by atoms with Gasteiger partial charge in [0.05, 0.1) is 5.41 Å². The molecule has 0 spiro atoms. The van der Waals surface area contributed by atoms with E-state index in [2.05, 4.69) is 260 Å². The summed E-state index contributed by atoms with van der Waals surface area (Å²) in [5.74, 6) is 0.239. The molecule has 1 nitrogen and oxygen atoms in total. The van der Waals surface area contributed by atoms with Gasteiger partial charge in [-0.05, 0) is 121 Å². The van der Waals surface area contributed by atoms with Crippen LogP contribution in [0.25, 0.3) is 55.6 Å². The van der Waals surface area contributed by atoms with Gasteiger partial charge in [-0.1, -0.05) is 218 Å². The van der Waals surface area contributed by atoms with E-state index in [1.807, 2.05) is 0 Å². The van der Waals surface area contributed by atoms with Gasteiger partial charge in [0, 0.05) is 17.1 Å². The van der Waals surface area contributed by atoms with Crippen molar-refractivity contribution in [3.63, 3.8) is 0 Å². The van der Waals surface area contributed by atoms with Crippen LogP contribution in [0.1, 0.15) is 23.1 Å². The van der Waals surface area contributed by atoms with Crippen LogP contribution in [0.4, 0.5) is 17.1 Å². The topological polar surface area (TPSA) is 3.24 Å². The van der Waals surface area contributed by atoms with Gasteiger partial charge in [-0.3, -0.25) is 0 Å². The second kappa shape index (κ2) is 16.0. The summed E-state index contributed by atoms with van der Waals surface area (Å²) in [6.45, 7) is 0. The van der Waals surface area contributed by atoms with Crippen LogP contribution in [0.5, 0.6) is 0 Å².